The number of carbonyl (C=O) groups excluding carboxylic acids is 1. The molecule has 1 aliphatic heterocycles. The highest BCUT2D eigenvalue weighted by atomic mass is 16.5. The number of rotatable bonds is 5. The highest BCUT2D eigenvalue weighted by Crippen LogP contribution is 2.19. The second kappa shape index (κ2) is 8.47. The van der Waals surface area contributed by atoms with E-state index in [1.165, 1.54) is 22.3 Å². The third-order valence-electron chi connectivity index (χ3n) is 4.95. The number of aryl methyl sites for hydroxylation is 2. The maximum atomic E-state index is 12.7. The molecular weight excluding hydrogens is 324 g/mol. The van der Waals surface area contributed by atoms with Crippen molar-refractivity contribution in [3.05, 3.63) is 70.3 Å². The van der Waals surface area contributed by atoms with Gasteiger partial charge in [-0.3, -0.25) is 9.69 Å². The molecule has 0 unspecified atom stereocenters. The Morgan fingerprint density at radius 2 is 1.92 bits per heavy atom. The first-order chi connectivity index (χ1) is 12.5. The Kier molecular flexibility index (Phi) is 6.07. The normalized spacial score (nSPS) is 16.3. The Morgan fingerprint density at radius 3 is 2.69 bits per heavy atom. The van der Waals surface area contributed by atoms with Crippen LogP contribution in [0.1, 0.15) is 45.6 Å². The van der Waals surface area contributed by atoms with Gasteiger partial charge >= 0.3 is 0 Å². The second-order valence-electron chi connectivity index (χ2n) is 7.14. The van der Waals surface area contributed by atoms with Crippen LogP contribution < -0.4 is 5.32 Å². The molecule has 138 valence electrons. The van der Waals surface area contributed by atoms with Crippen molar-refractivity contribution in [3.8, 4) is 0 Å². The molecule has 1 fully saturated rings. The molecule has 1 aliphatic rings. The molecule has 0 aromatic heterocycles. The molecule has 26 heavy (non-hydrogen) atoms. The number of carbonyl (C=O) groups is 1. The van der Waals surface area contributed by atoms with Crippen molar-refractivity contribution in [2.75, 3.05) is 26.3 Å². The lowest BCUT2D eigenvalue weighted by Crippen LogP contribution is -2.35. The highest BCUT2D eigenvalue weighted by Gasteiger charge is 2.15. The fourth-order valence-corrected chi connectivity index (χ4v) is 3.41. The molecule has 1 amide bonds. The summed E-state index contributed by atoms with van der Waals surface area (Å²) in [5, 5.41) is 3.14. The van der Waals surface area contributed by atoms with Crippen LogP contribution in [0.4, 0.5) is 0 Å². The van der Waals surface area contributed by atoms with Gasteiger partial charge in [-0.2, -0.15) is 0 Å². The molecule has 0 aliphatic carbocycles. The van der Waals surface area contributed by atoms with Crippen LogP contribution >= 0.6 is 0 Å². The summed E-state index contributed by atoms with van der Waals surface area (Å²) in [4.78, 5) is 15.1. The standard InChI is InChI=1S/C22H28N2O2/c1-16-7-8-17(2)21(13-16)18(3)23-22(25)20-6-4-5-19(14-20)15-24-9-11-26-12-10-24/h4-8,13-14,18H,9-12,15H2,1-3H3,(H,23,25)/t18-/m0/s1. The average molecular weight is 352 g/mol. The Hall–Kier alpha value is -2.17. The van der Waals surface area contributed by atoms with E-state index < -0.39 is 0 Å². The van der Waals surface area contributed by atoms with Gasteiger partial charge in [0.05, 0.1) is 19.3 Å². The quantitative estimate of drug-likeness (QED) is 0.893. The van der Waals surface area contributed by atoms with Gasteiger partial charge in [-0.05, 0) is 49.6 Å². The van der Waals surface area contributed by atoms with Gasteiger partial charge in [0.1, 0.15) is 0 Å². The molecule has 1 N–H and O–H groups in total. The van der Waals surface area contributed by atoms with Crippen molar-refractivity contribution in [2.45, 2.75) is 33.4 Å². The van der Waals surface area contributed by atoms with Crippen LogP contribution in [0.2, 0.25) is 0 Å². The van der Waals surface area contributed by atoms with Gasteiger partial charge in [0.2, 0.25) is 0 Å². The summed E-state index contributed by atoms with van der Waals surface area (Å²) in [6.07, 6.45) is 0. The van der Waals surface area contributed by atoms with E-state index in [0.29, 0.717) is 5.56 Å². The van der Waals surface area contributed by atoms with Crippen LogP contribution in [0.15, 0.2) is 42.5 Å². The van der Waals surface area contributed by atoms with Crippen molar-refractivity contribution in [3.63, 3.8) is 0 Å². The van der Waals surface area contributed by atoms with E-state index >= 15 is 0 Å². The number of hydrogen-bond acceptors (Lipinski definition) is 3. The predicted molar refractivity (Wildman–Crippen MR) is 104 cm³/mol. The molecule has 2 aromatic rings. The van der Waals surface area contributed by atoms with Crippen molar-refractivity contribution in [1.82, 2.24) is 10.2 Å². The van der Waals surface area contributed by atoms with Gasteiger partial charge in [0, 0.05) is 25.2 Å². The van der Waals surface area contributed by atoms with Crippen LogP contribution in [0.25, 0.3) is 0 Å². The van der Waals surface area contributed by atoms with Gasteiger partial charge in [0.15, 0.2) is 0 Å². The number of morpholine rings is 1. The SMILES string of the molecule is Cc1ccc(C)c([C@H](C)NC(=O)c2cccc(CN3CCOCC3)c2)c1. The number of benzene rings is 2. The molecule has 1 atom stereocenters. The molecule has 1 saturated heterocycles. The predicted octanol–water partition coefficient (Wildman–Crippen LogP) is 3.63. The minimum atomic E-state index is -0.0257. The lowest BCUT2D eigenvalue weighted by Gasteiger charge is -2.26. The fourth-order valence-electron chi connectivity index (χ4n) is 3.41. The minimum Gasteiger partial charge on any atom is -0.379 e. The highest BCUT2D eigenvalue weighted by molar-refractivity contribution is 5.94. The minimum absolute atomic E-state index is 0.0229. The molecule has 0 spiro atoms. The molecule has 3 rings (SSSR count). The summed E-state index contributed by atoms with van der Waals surface area (Å²) in [6, 6.07) is 14.3. The van der Waals surface area contributed by atoms with Crippen LogP contribution in [-0.4, -0.2) is 37.1 Å². The first kappa shape index (κ1) is 18.6. The van der Waals surface area contributed by atoms with Gasteiger partial charge in [-0.1, -0.05) is 35.9 Å². The first-order valence-electron chi connectivity index (χ1n) is 9.30. The van der Waals surface area contributed by atoms with Crippen molar-refractivity contribution in [1.29, 1.82) is 0 Å². The average Bonchev–Trinajstić information content (AvgIpc) is 2.64. The maximum absolute atomic E-state index is 12.7. The monoisotopic (exact) mass is 352 g/mol. The smallest absolute Gasteiger partial charge is 0.251 e. The molecule has 0 radical (unpaired) electrons. The van der Waals surface area contributed by atoms with E-state index in [9.17, 15) is 4.79 Å². The lowest BCUT2D eigenvalue weighted by molar-refractivity contribution is 0.0342. The molecule has 1 heterocycles. The largest absolute Gasteiger partial charge is 0.379 e. The first-order valence-corrected chi connectivity index (χ1v) is 9.30. The van der Waals surface area contributed by atoms with E-state index in [2.05, 4.69) is 48.3 Å². The van der Waals surface area contributed by atoms with E-state index in [0.717, 1.165) is 32.8 Å². The molecule has 0 saturated carbocycles. The summed E-state index contributed by atoms with van der Waals surface area (Å²) in [7, 11) is 0. The fraction of sp³-hybridized carbons (Fsp3) is 0.409. The Bertz CT molecular complexity index is 766. The van der Waals surface area contributed by atoms with Crippen LogP contribution in [0, 0.1) is 13.8 Å². The third-order valence-corrected chi connectivity index (χ3v) is 4.95. The lowest BCUT2D eigenvalue weighted by atomic mass is 9.99. The van der Waals surface area contributed by atoms with E-state index in [1.54, 1.807) is 0 Å². The maximum Gasteiger partial charge on any atom is 0.251 e. The van der Waals surface area contributed by atoms with Crippen LogP contribution in [0.5, 0.6) is 0 Å². The molecular formula is C22H28N2O2. The summed E-state index contributed by atoms with van der Waals surface area (Å²) in [5.41, 5.74) is 5.46. The summed E-state index contributed by atoms with van der Waals surface area (Å²) >= 11 is 0. The van der Waals surface area contributed by atoms with Gasteiger partial charge in [-0.15, -0.1) is 0 Å². The Labute approximate surface area is 156 Å². The molecule has 2 aromatic carbocycles. The Morgan fingerprint density at radius 1 is 1.15 bits per heavy atom. The summed E-state index contributed by atoms with van der Waals surface area (Å²) in [6.45, 7) is 10.5. The van der Waals surface area contributed by atoms with E-state index in [1.807, 2.05) is 25.1 Å². The number of hydrogen-bond donors (Lipinski definition) is 1. The molecule has 0 bridgehead atoms. The number of nitrogens with zero attached hydrogens (tertiary/aromatic N) is 1. The zero-order valence-corrected chi connectivity index (χ0v) is 15.9. The molecule has 4 nitrogen and oxygen atoms in total. The zero-order chi connectivity index (χ0) is 18.5. The molecule has 4 heteroatoms. The number of nitrogens with one attached hydrogen (secondary N) is 1. The van der Waals surface area contributed by atoms with Crippen molar-refractivity contribution in [2.24, 2.45) is 0 Å². The van der Waals surface area contributed by atoms with Crippen LogP contribution in [-0.2, 0) is 11.3 Å². The zero-order valence-electron chi connectivity index (χ0n) is 15.9. The van der Waals surface area contributed by atoms with Gasteiger partial charge in [0.25, 0.3) is 5.91 Å². The van der Waals surface area contributed by atoms with Gasteiger partial charge in [-0.25, -0.2) is 0 Å². The van der Waals surface area contributed by atoms with Crippen molar-refractivity contribution >= 4 is 5.91 Å². The number of amides is 1. The third kappa shape index (κ3) is 4.71. The van der Waals surface area contributed by atoms with E-state index in [-0.39, 0.29) is 11.9 Å². The topological polar surface area (TPSA) is 41.6 Å². The van der Waals surface area contributed by atoms with Crippen molar-refractivity contribution < 1.29 is 9.53 Å². The summed E-state index contributed by atoms with van der Waals surface area (Å²) < 4.78 is 5.40. The second-order valence-corrected chi connectivity index (χ2v) is 7.14. The Balaban J connectivity index is 1.67. The number of ether oxygens (including phenoxy) is 1. The van der Waals surface area contributed by atoms with E-state index in [4.69, 9.17) is 4.74 Å². The van der Waals surface area contributed by atoms with Gasteiger partial charge < -0.3 is 10.1 Å². The summed E-state index contributed by atoms with van der Waals surface area (Å²) in [5.74, 6) is -0.0257. The van der Waals surface area contributed by atoms with Crippen LogP contribution in [0.3, 0.4) is 0 Å².